The van der Waals surface area contributed by atoms with Crippen molar-refractivity contribution in [2.24, 2.45) is 0 Å². The summed E-state index contributed by atoms with van der Waals surface area (Å²) >= 11 is 6.09. The van der Waals surface area contributed by atoms with E-state index in [0.717, 1.165) is 38.8 Å². The Balaban J connectivity index is 2.60. The highest BCUT2D eigenvalue weighted by atomic mass is 35.5. The molecule has 0 radical (unpaired) electrons. The number of nitrogens with two attached hydrogens (primary N) is 1. The number of nitrogen functional groups attached to an aromatic ring is 1. The smallest absolute Gasteiger partial charge is 0.0709 e. The normalized spacial score (nSPS) is 10.6. The van der Waals surface area contributed by atoms with Gasteiger partial charge in [0, 0.05) is 10.6 Å². The van der Waals surface area contributed by atoms with Crippen molar-refractivity contribution in [2.75, 3.05) is 5.73 Å². The molecule has 0 atom stereocenters. The van der Waals surface area contributed by atoms with Crippen LogP contribution in [0.25, 0.3) is 11.3 Å². The molecular formula is C14H15ClN2. The number of aryl methyl sites for hydroxylation is 3. The van der Waals surface area contributed by atoms with Gasteiger partial charge in [0.25, 0.3) is 0 Å². The van der Waals surface area contributed by atoms with Crippen molar-refractivity contribution >= 4 is 17.3 Å². The molecule has 88 valence electrons. The fourth-order valence-corrected chi connectivity index (χ4v) is 2.00. The number of halogens is 1. The first-order valence-electron chi connectivity index (χ1n) is 5.49. The van der Waals surface area contributed by atoms with Gasteiger partial charge in [-0.25, -0.2) is 0 Å². The molecule has 0 amide bonds. The molecule has 2 nitrogen and oxygen atoms in total. The van der Waals surface area contributed by atoms with E-state index in [9.17, 15) is 0 Å². The van der Waals surface area contributed by atoms with Gasteiger partial charge in [-0.2, -0.15) is 0 Å². The second kappa shape index (κ2) is 4.38. The van der Waals surface area contributed by atoms with Crippen LogP contribution in [0.2, 0.25) is 5.02 Å². The Morgan fingerprint density at radius 1 is 1.06 bits per heavy atom. The third-order valence-corrected chi connectivity index (χ3v) is 3.32. The average Bonchev–Trinajstić information content (AvgIpc) is 2.27. The fraction of sp³-hybridized carbons (Fsp3) is 0.214. The van der Waals surface area contributed by atoms with Gasteiger partial charge in [-0.15, -0.1) is 0 Å². The average molecular weight is 247 g/mol. The van der Waals surface area contributed by atoms with Crippen LogP contribution in [-0.2, 0) is 0 Å². The van der Waals surface area contributed by atoms with Gasteiger partial charge in [-0.05, 0) is 56.2 Å². The van der Waals surface area contributed by atoms with E-state index in [-0.39, 0.29) is 0 Å². The molecule has 2 aromatic rings. The van der Waals surface area contributed by atoms with Gasteiger partial charge in [0.2, 0.25) is 0 Å². The molecular weight excluding hydrogens is 232 g/mol. The maximum atomic E-state index is 6.09. The van der Waals surface area contributed by atoms with E-state index in [1.54, 1.807) is 0 Å². The topological polar surface area (TPSA) is 38.9 Å². The summed E-state index contributed by atoms with van der Waals surface area (Å²) in [5, 5.41) is 0.790. The summed E-state index contributed by atoms with van der Waals surface area (Å²) < 4.78 is 0. The summed E-state index contributed by atoms with van der Waals surface area (Å²) in [4.78, 5) is 4.51. The molecule has 3 heteroatoms. The van der Waals surface area contributed by atoms with E-state index in [1.165, 1.54) is 0 Å². The third-order valence-electron chi connectivity index (χ3n) is 2.91. The molecule has 1 aromatic heterocycles. The van der Waals surface area contributed by atoms with Gasteiger partial charge in [-0.1, -0.05) is 11.6 Å². The van der Waals surface area contributed by atoms with Gasteiger partial charge < -0.3 is 5.73 Å². The Labute approximate surface area is 106 Å². The maximum Gasteiger partial charge on any atom is 0.0709 e. The summed E-state index contributed by atoms with van der Waals surface area (Å²) in [5.41, 5.74) is 11.6. The van der Waals surface area contributed by atoms with Crippen LogP contribution in [0.3, 0.4) is 0 Å². The number of nitrogens with zero attached hydrogens (tertiary/aromatic N) is 1. The number of anilines is 1. The van der Waals surface area contributed by atoms with Gasteiger partial charge >= 0.3 is 0 Å². The summed E-state index contributed by atoms with van der Waals surface area (Å²) in [5.74, 6) is 0. The van der Waals surface area contributed by atoms with Crippen LogP contribution in [0.5, 0.6) is 0 Å². The summed E-state index contributed by atoms with van der Waals surface area (Å²) in [6.45, 7) is 5.94. The molecule has 1 aromatic carbocycles. The minimum absolute atomic E-state index is 0.720. The molecule has 0 aliphatic heterocycles. The molecule has 0 aliphatic carbocycles. The van der Waals surface area contributed by atoms with Crippen molar-refractivity contribution in [3.8, 4) is 11.3 Å². The quantitative estimate of drug-likeness (QED) is 0.829. The lowest BCUT2D eigenvalue weighted by Gasteiger charge is -2.10. The number of hydrogen-bond acceptors (Lipinski definition) is 2. The Hall–Kier alpha value is -1.54. The molecule has 1 heterocycles. The van der Waals surface area contributed by atoms with Gasteiger partial charge in [0.05, 0.1) is 17.1 Å². The summed E-state index contributed by atoms with van der Waals surface area (Å²) in [6.07, 6.45) is 0. The van der Waals surface area contributed by atoms with Crippen LogP contribution in [0.4, 0.5) is 5.69 Å². The molecule has 0 saturated carbocycles. The summed E-state index contributed by atoms with van der Waals surface area (Å²) in [7, 11) is 0. The Morgan fingerprint density at radius 2 is 1.76 bits per heavy atom. The number of hydrogen-bond donors (Lipinski definition) is 1. The van der Waals surface area contributed by atoms with Crippen molar-refractivity contribution in [3.63, 3.8) is 0 Å². The monoisotopic (exact) mass is 246 g/mol. The zero-order valence-corrected chi connectivity index (χ0v) is 11.0. The van der Waals surface area contributed by atoms with Crippen molar-refractivity contribution < 1.29 is 0 Å². The minimum Gasteiger partial charge on any atom is -0.397 e. The standard InChI is InChI=1S/C14H15ClN2/c1-8-7-12(15)9(2)6-11(8)14-5-4-13(16)10(3)17-14/h4-7H,16H2,1-3H3. The van der Waals surface area contributed by atoms with Crippen LogP contribution in [0.15, 0.2) is 24.3 Å². The maximum absolute atomic E-state index is 6.09. The first-order valence-corrected chi connectivity index (χ1v) is 5.87. The van der Waals surface area contributed by atoms with Crippen LogP contribution in [0.1, 0.15) is 16.8 Å². The first-order chi connectivity index (χ1) is 7.99. The van der Waals surface area contributed by atoms with Crippen molar-refractivity contribution in [1.29, 1.82) is 0 Å². The van der Waals surface area contributed by atoms with Crippen LogP contribution in [0, 0.1) is 20.8 Å². The largest absolute Gasteiger partial charge is 0.397 e. The van der Waals surface area contributed by atoms with E-state index in [0.29, 0.717) is 0 Å². The third kappa shape index (κ3) is 2.27. The van der Waals surface area contributed by atoms with Crippen molar-refractivity contribution in [3.05, 3.63) is 46.1 Å². The van der Waals surface area contributed by atoms with Gasteiger partial charge in [-0.3, -0.25) is 4.98 Å². The van der Waals surface area contributed by atoms with E-state index in [4.69, 9.17) is 17.3 Å². The molecule has 0 aliphatic rings. The van der Waals surface area contributed by atoms with Crippen LogP contribution >= 0.6 is 11.6 Å². The van der Waals surface area contributed by atoms with Crippen LogP contribution in [-0.4, -0.2) is 4.98 Å². The lowest BCUT2D eigenvalue weighted by Crippen LogP contribution is -1.95. The lowest BCUT2D eigenvalue weighted by molar-refractivity contribution is 1.20. The van der Waals surface area contributed by atoms with Gasteiger partial charge in [0.15, 0.2) is 0 Å². The Kier molecular flexibility index (Phi) is 3.07. The molecule has 0 bridgehead atoms. The lowest BCUT2D eigenvalue weighted by atomic mass is 10.0. The molecule has 0 saturated heterocycles. The zero-order chi connectivity index (χ0) is 12.6. The van der Waals surface area contributed by atoms with E-state index < -0.39 is 0 Å². The molecule has 2 N–H and O–H groups in total. The molecule has 0 unspecified atom stereocenters. The van der Waals surface area contributed by atoms with E-state index in [2.05, 4.69) is 11.1 Å². The van der Waals surface area contributed by atoms with Crippen molar-refractivity contribution in [2.45, 2.75) is 20.8 Å². The van der Waals surface area contributed by atoms with Gasteiger partial charge in [0.1, 0.15) is 0 Å². The molecule has 2 rings (SSSR count). The minimum atomic E-state index is 0.720. The molecule has 0 spiro atoms. The fourth-order valence-electron chi connectivity index (χ4n) is 1.78. The Morgan fingerprint density at radius 3 is 2.41 bits per heavy atom. The molecule has 17 heavy (non-hydrogen) atoms. The van der Waals surface area contributed by atoms with Crippen LogP contribution < -0.4 is 5.73 Å². The second-order valence-electron chi connectivity index (χ2n) is 4.29. The molecule has 0 fully saturated rings. The highest BCUT2D eigenvalue weighted by Crippen LogP contribution is 2.28. The van der Waals surface area contributed by atoms with Crippen molar-refractivity contribution in [1.82, 2.24) is 4.98 Å². The highest BCUT2D eigenvalue weighted by Gasteiger charge is 2.07. The number of rotatable bonds is 1. The summed E-state index contributed by atoms with van der Waals surface area (Å²) in [6, 6.07) is 7.87. The number of aromatic nitrogens is 1. The predicted octanol–water partition coefficient (Wildman–Crippen LogP) is 3.91. The second-order valence-corrected chi connectivity index (χ2v) is 4.69. The highest BCUT2D eigenvalue weighted by molar-refractivity contribution is 6.31. The Bertz CT molecular complexity index is 577. The SMILES string of the molecule is Cc1cc(-c2ccc(N)c(C)n2)c(C)cc1Cl. The van der Waals surface area contributed by atoms with E-state index >= 15 is 0 Å². The number of benzene rings is 1. The number of pyridine rings is 1. The first kappa shape index (κ1) is 11.9. The predicted molar refractivity (Wildman–Crippen MR) is 73.3 cm³/mol. The van der Waals surface area contributed by atoms with E-state index in [1.807, 2.05) is 39.0 Å². The zero-order valence-electron chi connectivity index (χ0n) is 10.2.